The zero-order valence-corrected chi connectivity index (χ0v) is 16.7. The minimum Gasteiger partial charge on any atom is -0.481 e. The van der Waals surface area contributed by atoms with Crippen LogP contribution in [0.5, 0.6) is 5.75 Å². The highest BCUT2D eigenvalue weighted by Gasteiger charge is 2.16. The molecule has 1 atom stereocenters. The Morgan fingerprint density at radius 1 is 1.17 bits per heavy atom. The number of hydrogen-bond donors (Lipinski definition) is 2. The second-order valence-electron chi connectivity index (χ2n) is 6.26. The molecule has 0 aliphatic carbocycles. The number of carbonyl (C=O) groups is 2. The number of hydrazine groups is 1. The maximum absolute atomic E-state index is 13.0. The fraction of sp³-hybridized carbons (Fsp3) is 0.143. The lowest BCUT2D eigenvalue weighted by Crippen LogP contribution is -2.47. The summed E-state index contributed by atoms with van der Waals surface area (Å²) in [7, 11) is 0. The van der Waals surface area contributed by atoms with Crippen LogP contribution >= 0.6 is 11.3 Å². The minimum atomic E-state index is -0.859. The Bertz CT molecular complexity index is 1070. The van der Waals surface area contributed by atoms with E-state index in [1.807, 2.05) is 6.07 Å². The van der Waals surface area contributed by atoms with Crippen LogP contribution in [0.15, 0.2) is 53.9 Å². The maximum Gasteiger partial charge on any atom is 0.279 e. The van der Waals surface area contributed by atoms with Gasteiger partial charge in [-0.15, -0.1) is 11.3 Å². The first-order valence-corrected chi connectivity index (χ1v) is 9.78. The van der Waals surface area contributed by atoms with Gasteiger partial charge in [-0.05, 0) is 55.5 Å². The molecule has 152 valence electrons. The summed E-state index contributed by atoms with van der Waals surface area (Å²) in [5, 5.41) is 11.2. The van der Waals surface area contributed by atoms with Gasteiger partial charge in [0.15, 0.2) is 6.10 Å². The zero-order valence-electron chi connectivity index (χ0n) is 15.9. The summed E-state index contributed by atoms with van der Waals surface area (Å²) >= 11 is 1.34. The minimum absolute atomic E-state index is 0.0250. The number of carbonyl (C=O) groups excluding carboxylic acids is 2. The van der Waals surface area contributed by atoms with Crippen molar-refractivity contribution in [3.63, 3.8) is 0 Å². The van der Waals surface area contributed by atoms with Gasteiger partial charge in [-0.3, -0.25) is 20.4 Å². The van der Waals surface area contributed by atoms with Crippen molar-refractivity contribution in [1.82, 2.24) is 15.8 Å². The monoisotopic (exact) mass is 424 g/mol. The molecule has 1 heterocycles. The molecule has 0 radical (unpaired) electrons. The molecule has 2 N–H and O–H groups in total. The van der Waals surface area contributed by atoms with E-state index in [-0.39, 0.29) is 12.2 Å². The van der Waals surface area contributed by atoms with E-state index in [2.05, 4.69) is 15.8 Å². The smallest absolute Gasteiger partial charge is 0.279 e. The van der Waals surface area contributed by atoms with Gasteiger partial charge in [0.1, 0.15) is 16.6 Å². The van der Waals surface area contributed by atoms with Gasteiger partial charge in [0, 0.05) is 10.9 Å². The van der Waals surface area contributed by atoms with E-state index < -0.39 is 17.9 Å². The Hall–Kier alpha value is -3.77. The van der Waals surface area contributed by atoms with E-state index in [1.54, 1.807) is 41.8 Å². The predicted molar refractivity (Wildman–Crippen MR) is 109 cm³/mol. The van der Waals surface area contributed by atoms with E-state index in [0.29, 0.717) is 22.0 Å². The SMILES string of the molecule is C[C@@H](Oc1ccc(C#N)cc1)C(=O)NNC(=O)Cc1csc(-c2ccc(F)cc2)n1. The average Bonchev–Trinajstić information content (AvgIpc) is 3.21. The topological polar surface area (TPSA) is 104 Å². The van der Waals surface area contributed by atoms with Gasteiger partial charge in [0.05, 0.1) is 23.7 Å². The first-order chi connectivity index (χ1) is 14.4. The highest BCUT2D eigenvalue weighted by Crippen LogP contribution is 2.24. The Kier molecular flexibility index (Phi) is 6.72. The number of nitriles is 1. The van der Waals surface area contributed by atoms with Crippen LogP contribution < -0.4 is 15.6 Å². The molecule has 9 heteroatoms. The number of halogens is 1. The second-order valence-corrected chi connectivity index (χ2v) is 7.12. The third-order valence-electron chi connectivity index (χ3n) is 3.98. The summed E-state index contributed by atoms with van der Waals surface area (Å²) in [4.78, 5) is 28.5. The number of nitrogens with zero attached hydrogens (tertiary/aromatic N) is 2. The Labute approximate surface area is 176 Å². The normalized spacial score (nSPS) is 11.2. The van der Waals surface area contributed by atoms with E-state index >= 15 is 0 Å². The molecule has 0 fully saturated rings. The molecule has 0 saturated heterocycles. The summed E-state index contributed by atoms with van der Waals surface area (Å²) in [5.41, 5.74) is 6.41. The van der Waals surface area contributed by atoms with Crippen LogP contribution in [0.1, 0.15) is 18.2 Å². The van der Waals surface area contributed by atoms with Crippen LogP contribution in [0.2, 0.25) is 0 Å². The van der Waals surface area contributed by atoms with Crippen molar-refractivity contribution in [3.8, 4) is 22.4 Å². The number of ether oxygens (including phenoxy) is 1. The summed E-state index contributed by atoms with van der Waals surface area (Å²) in [6, 6.07) is 14.3. The molecule has 3 aromatic rings. The molecule has 7 nitrogen and oxygen atoms in total. The Morgan fingerprint density at radius 3 is 2.53 bits per heavy atom. The lowest BCUT2D eigenvalue weighted by molar-refractivity contribution is -0.132. The van der Waals surface area contributed by atoms with Crippen LogP contribution in [0.3, 0.4) is 0 Å². The Balaban J connectivity index is 1.47. The van der Waals surface area contributed by atoms with Crippen molar-refractivity contribution in [2.75, 3.05) is 0 Å². The van der Waals surface area contributed by atoms with Crippen LogP contribution in [-0.4, -0.2) is 22.9 Å². The third kappa shape index (κ3) is 5.62. The molecule has 0 unspecified atom stereocenters. The molecule has 30 heavy (non-hydrogen) atoms. The van der Waals surface area contributed by atoms with Gasteiger partial charge < -0.3 is 4.74 Å². The molecular formula is C21H17FN4O3S. The number of nitrogens with one attached hydrogen (secondary N) is 2. The highest BCUT2D eigenvalue weighted by atomic mass is 32.1. The summed E-state index contributed by atoms with van der Waals surface area (Å²) in [6.07, 6.45) is -0.884. The number of hydrogen-bond acceptors (Lipinski definition) is 6. The van der Waals surface area contributed by atoms with Gasteiger partial charge in [-0.2, -0.15) is 5.26 Å². The highest BCUT2D eigenvalue weighted by molar-refractivity contribution is 7.13. The van der Waals surface area contributed by atoms with Crippen LogP contribution in [0.25, 0.3) is 10.6 Å². The number of rotatable bonds is 6. The van der Waals surface area contributed by atoms with Crippen molar-refractivity contribution in [1.29, 1.82) is 5.26 Å². The Morgan fingerprint density at radius 2 is 1.87 bits per heavy atom. The first-order valence-electron chi connectivity index (χ1n) is 8.90. The molecule has 0 aliphatic heterocycles. The second kappa shape index (κ2) is 9.62. The predicted octanol–water partition coefficient (Wildman–Crippen LogP) is 2.98. The van der Waals surface area contributed by atoms with E-state index in [9.17, 15) is 14.0 Å². The maximum atomic E-state index is 13.0. The van der Waals surface area contributed by atoms with Crippen molar-refractivity contribution in [3.05, 3.63) is 71.0 Å². The van der Waals surface area contributed by atoms with Crippen molar-refractivity contribution in [2.24, 2.45) is 0 Å². The van der Waals surface area contributed by atoms with Crippen molar-refractivity contribution in [2.45, 2.75) is 19.4 Å². The van der Waals surface area contributed by atoms with Gasteiger partial charge in [0.2, 0.25) is 5.91 Å². The summed E-state index contributed by atoms with van der Waals surface area (Å²) in [6.45, 7) is 1.54. The lowest BCUT2D eigenvalue weighted by atomic mass is 10.2. The van der Waals surface area contributed by atoms with Gasteiger partial charge in [-0.25, -0.2) is 9.37 Å². The standard InChI is InChI=1S/C21H17FN4O3S/c1-13(29-18-8-2-14(11-23)3-9-18)20(28)26-25-19(27)10-17-12-30-21(24-17)15-4-6-16(22)7-5-15/h2-9,12-13H,10H2,1H3,(H,25,27)(H,26,28)/t13-/m1/s1. The molecule has 2 amide bonds. The van der Waals surface area contributed by atoms with E-state index in [4.69, 9.17) is 10.00 Å². The summed E-state index contributed by atoms with van der Waals surface area (Å²) in [5.74, 6) is -0.871. The molecule has 0 aliphatic rings. The number of benzene rings is 2. The fourth-order valence-corrected chi connectivity index (χ4v) is 3.25. The number of amides is 2. The van der Waals surface area contributed by atoms with Gasteiger partial charge >= 0.3 is 0 Å². The van der Waals surface area contributed by atoms with Crippen molar-refractivity contribution < 1.29 is 18.7 Å². The molecule has 2 aromatic carbocycles. The summed E-state index contributed by atoms with van der Waals surface area (Å²) < 4.78 is 18.5. The molecular weight excluding hydrogens is 407 g/mol. The van der Waals surface area contributed by atoms with Crippen LogP contribution in [0.4, 0.5) is 4.39 Å². The largest absolute Gasteiger partial charge is 0.481 e. The molecule has 0 spiro atoms. The van der Waals surface area contributed by atoms with E-state index in [0.717, 1.165) is 5.56 Å². The van der Waals surface area contributed by atoms with Crippen LogP contribution in [0, 0.1) is 17.1 Å². The van der Waals surface area contributed by atoms with Gasteiger partial charge in [-0.1, -0.05) is 0 Å². The zero-order chi connectivity index (χ0) is 21.5. The molecule has 3 rings (SSSR count). The quantitative estimate of drug-likeness (QED) is 0.592. The van der Waals surface area contributed by atoms with Gasteiger partial charge in [0.25, 0.3) is 5.91 Å². The van der Waals surface area contributed by atoms with E-state index in [1.165, 1.54) is 30.4 Å². The average molecular weight is 424 g/mol. The third-order valence-corrected chi connectivity index (χ3v) is 4.92. The molecule has 0 bridgehead atoms. The first kappa shape index (κ1) is 21.0. The molecule has 1 aromatic heterocycles. The van der Waals surface area contributed by atoms with Crippen molar-refractivity contribution >= 4 is 23.2 Å². The lowest BCUT2D eigenvalue weighted by Gasteiger charge is -2.15. The number of thiazole rings is 1. The fourth-order valence-electron chi connectivity index (χ4n) is 2.42. The number of aromatic nitrogens is 1. The van der Waals surface area contributed by atoms with Crippen LogP contribution in [-0.2, 0) is 16.0 Å². The molecule has 0 saturated carbocycles.